The fraction of sp³-hybridized carbons (Fsp3) is 0.385. The summed E-state index contributed by atoms with van der Waals surface area (Å²) in [7, 11) is 1.26. The largest absolute Gasteiger partial charge is 0.480 e. The van der Waals surface area contributed by atoms with Crippen LogP contribution in [-0.2, 0) is 25.5 Å². The molecule has 2 aliphatic rings. The van der Waals surface area contributed by atoms with E-state index >= 15 is 0 Å². The highest BCUT2D eigenvalue weighted by atomic mass is 16.6. The summed E-state index contributed by atoms with van der Waals surface area (Å²) in [5, 5.41) is 24.6. The molecule has 2 amide bonds. The number of carboxylic acids is 1. The standard InChI is InChI=1S/C26H27N3O8/c1-3-4-13-28-22(30)19-20(23(28)31)26(25(33)34,14-15-5-11-18(12-6-15)29(35)36)27-21(19)16-7-9-17(10-8-16)24(32)37-2/h5-12,19-21,27H,3-4,13-14H2,1-2H3,(H,33,34). The molecule has 2 aromatic rings. The minimum Gasteiger partial charge on any atom is -0.480 e. The highest BCUT2D eigenvalue weighted by molar-refractivity contribution is 6.09. The van der Waals surface area contributed by atoms with Crippen molar-refractivity contribution < 1.29 is 33.9 Å². The number of imide groups is 1. The van der Waals surface area contributed by atoms with Crippen LogP contribution in [0.1, 0.15) is 47.3 Å². The number of nitrogens with zero attached hydrogens (tertiary/aromatic N) is 2. The average Bonchev–Trinajstić information content (AvgIpc) is 3.36. The van der Waals surface area contributed by atoms with E-state index in [2.05, 4.69) is 5.32 Å². The lowest BCUT2D eigenvalue weighted by Gasteiger charge is -2.31. The van der Waals surface area contributed by atoms with E-state index in [1.54, 1.807) is 12.1 Å². The number of carboxylic acid groups (broad SMARTS) is 1. The second kappa shape index (κ2) is 10.1. The molecule has 2 fully saturated rings. The molecule has 0 bridgehead atoms. The first-order valence-corrected chi connectivity index (χ1v) is 11.9. The predicted molar refractivity (Wildman–Crippen MR) is 129 cm³/mol. The summed E-state index contributed by atoms with van der Waals surface area (Å²) >= 11 is 0. The second-order valence-electron chi connectivity index (χ2n) is 9.30. The van der Waals surface area contributed by atoms with E-state index in [-0.39, 0.29) is 24.2 Å². The monoisotopic (exact) mass is 509 g/mol. The Morgan fingerprint density at radius 2 is 1.76 bits per heavy atom. The minimum atomic E-state index is -1.83. The van der Waals surface area contributed by atoms with E-state index in [0.29, 0.717) is 17.5 Å². The first-order valence-electron chi connectivity index (χ1n) is 11.9. The maximum absolute atomic E-state index is 13.6. The number of nitro groups is 1. The number of esters is 1. The molecule has 4 atom stereocenters. The summed E-state index contributed by atoms with van der Waals surface area (Å²) in [6.45, 7) is 2.12. The Morgan fingerprint density at radius 3 is 2.30 bits per heavy atom. The van der Waals surface area contributed by atoms with E-state index in [1.807, 2.05) is 6.92 Å². The average molecular weight is 510 g/mol. The third kappa shape index (κ3) is 4.46. The number of methoxy groups -OCH3 is 1. The molecule has 0 saturated carbocycles. The number of aliphatic carboxylic acids is 1. The van der Waals surface area contributed by atoms with Crippen molar-refractivity contribution in [1.29, 1.82) is 0 Å². The Labute approximate surface area is 212 Å². The van der Waals surface area contributed by atoms with Crippen LogP contribution in [0.25, 0.3) is 0 Å². The Morgan fingerprint density at radius 1 is 1.11 bits per heavy atom. The molecule has 2 saturated heterocycles. The third-order valence-corrected chi connectivity index (χ3v) is 7.18. The van der Waals surface area contributed by atoms with E-state index in [9.17, 15) is 34.4 Å². The topological polar surface area (TPSA) is 156 Å². The number of fused-ring (bicyclic) bond motifs is 1. The Kier molecular flexibility index (Phi) is 7.08. The van der Waals surface area contributed by atoms with Gasteiger partial charge in [-0.25, -0.2) is 4.79 Å². The van der Waals surface area contributed by atoms with Crippen LogP contribution in [0, 0.1) is 22.0 Å². The summed E-state index contributed by atoms with van der Waals surface area (Å²) in [6.07, 6.45) is 1.17. The molecule has 2 N–H and O–H groups in total. The zero-order chi connectivity index (χ0) is 26.9. The third-order valence-electron chi connectivity index (χ3n) is 7.18. The lowest BCUT2D eigenvalue weighted by Crippen LogP contribution is -2.57. The Balaban J connectivity index is 1.78. The van der Waals surface area contributed by atoms with Gasteiger partial charge in [-0.15, -0.1) is 0 Å². The highest BCUT2D eigenvalue weighted by Gasteiger charge is 2.68. The number of hydrogen-bond donors (Lipinski definition) is 2. The van der Waals surface area contributed by atoms with Crippen LogP contribution >= 0.6 is 0 Å². The van der Waals surface area contributed by atoms with Gasteiger partial charge in [-0.1, -0.05) is 37.6 Å². The van der Waals surface area contributed by atoms with Gasteiger partial charge < -0.3 is 9.84 Å². The fourth-order valence-electron chi connectivity index (χ4n) is 5.32. The predicted octanol–water partition coefficient (Wildman–Crippen LogP) is 2.49. The smallest absolute Gasteiger partial charge is 0.337 e. The van der Waals surface area contributed by atoms with Crippen LogP contribution < -0.4 is 5.32 Å². The molecule has 0 aliphatic carbocycles. The van der Waals surface area contributed by atoms with Gasteiger partial charge in [-0.3, -0.25) is 34.7 Å². The maximum atomic E-state index is 13.6. The summed E-state index contributed by atoms with van der Waals surface area (Å²) in [5.41, 5.74) is -0.678. The maximum Gasteiger partial charge on any atom is 0.337 e. The minimum absolute atomic E-state index is 0.146. The van der Waals surface area contributed by atoms with Gasteiger partial charge in [0.1, 0.15) is 5.54 Å². The van der Waals surface area contributed by atoms with Gasteiger partial charge in [-0.2, -0.15) is 0 Å². The van der Waals surface area contributed by atoms with Crippen molar-refractivity contribution in [2.24, 2.45) is 11.8 Å². The molecule has 194 valence electrons. The number of nitro benzene ring substituents is 1. The quantitative estimate of drug-likeness (QED) is 0.224. The van der Waals surface area contributed by atoms with Gasteiger partial charge >= 0.3 is 11.9 Å². The van der Waals surface area contributed by atoms with Crippen molar-refractivity contribution in [3.63, 3.8) is 0 Å². The Bertz CT molecular complexity index is 1240. The zero-order valence-electron chi connectivity index (χ0n) is 20.4. The first kappa shape index (κ1) is 26.0. The number of likely N-dealkylation sites (tertiary alicyclic amines) is 1. The van der Waals surface area contributed by atoms with Gasteiger partial charge in [0.05, 0.1) is 29.4 Å². The molecule has 37 heavy (non-hydrogen) atoms. The molecule has 0 spiro atoms. The number of hydrogen-bond acceptors (Lipinski definition) is 8. The molecule has 2 aromatic carbocycles. The van der Waals surface area contributed by atoms with E-state index in [1.165, 1.54) is 43.5 Å². The summed E-state index contributed by atoms with van der Waals surface area (Å²) < 4.78 is 4.73. The highest BCUT2D eigenvalue weighted by Crippen LogP contribution is 2.50. The number of non-ortho nitro benzene ring substituents is 1. The number of nitrogens with one attached hydrogen (secondary N) is 1. The fourth-order valence-corrected chi connectivity index (χ4v) is 5.32. The number of amides is 2. The Hall–Kier alpha value is -4.12. The van der Waals surface area contributed by atoms with E-state index in [0.717, 1.165) is 11.3 Å². The molecular weight excluding hydrogens is 482 g/mol. The lowest BCUT2D eigenvalue weighted by molar-refractivity contribution is -0.384. The molecule has 11 heteroatoms. The molecule has 0 radical (unpaired) electrons. The summed E-state index contributed by atoms with van der Waals surface area (Å²) in [4.78, 5) is 63.5. The van der Waals surface area contributed by atoms with Crippen LogP contribution in [-0.4, -0.2) is 57.9 Å². The summed E-state index contributed by atoms with van der Waals surface area (Å²) in [6, 6.07) is 10.9. The van der Waals surface area contributed by atoms with Crippen molar-refractivity contribution in [3.05, 3.63) is 75.3 Å². The van der Waals surface area contributed by atoms with Crippen LogP contribution in [0.2, 0.25) is 0 Å². The van der Waals surface area contributed by atoms with Gasteiger partial charge in [0.15, 0.2) is 0 Å². The zero-order valence-corrected chi connectivity index (χ0v) is 20.4. The lowest BCUT2D eigenvalue weighted by atomic mass is 9.76. The molecular formula is C26H27N3O8. The number of rotatable bonds is 9. The van der Waals surface area contributed by atoms with Gasteiger partial charge in [-0.05, 0) is 29.7 Å². The summed E-state index contributed by atoms with van der Waals surface area (Å²) in [5.74, 6) is -4.98. The molecule has 11 nitrogen and oxygen atoms in total. The second-order valence-corrected chi connectivity index (χ2v) is 9.30. The number of benzene rings is 2. The van der Waals surface area contributed by atoms with Crippen molar-refractivity contribution in [1.82, 2.24) is 10.2 Å². The van der Waals surface area contributed by atoms with Crippen molar-refractivity contribution in [2.75, 3.05) is 13.7 Å². The SMILES string of the molecule is CCCCN1C(=O)C2C(c3ccc(C(=O)OC)cc3)NC(Cc3ccc([N+](=O)[O-])cc3)(C(=O)O)C2C1=O. The van der Waals surface area contributed by atoms with Crippen molar-refractivity contribution >= 4 is 29.4 Å². The number of unbranched alkanes of at least 4 members (excludes halogenated alkanes) is 1. The molecule has 0 aromatic heterocycles. The molecule has 2 heterocycles. The number of carbonyl (C=O) groups excluding carboxylic acids is 3. The van der Waals surface area contributed by atoms with Crippen LogP contribution in [0.3, 0.4) is 0 Å². The number of carbonyl (C=O) groups is 4. The van der Waals surface area contributed by atoms with Crippen LogP contribution in [0.4, 0.5) is 5.69 Å². The molecule has 2 aliphatic heterocycles. The van der Waals surface area contributed by atoms with Crippen molar-refractivity contribution in [3.8, 4) is 0 Å². The van der Waals surface area contributed by atoms with Crippen LogP contribution in [0.15, 0.2) is 48.5 Å². The molecule has 4 unspecified atom stereocenters. The van der Waals surface area contributed by atoms with Crippen molar-refractivity contribution in [2.45, 2.75) is 37.8 Å². The van der Waals surface area contributed by atoms with E-state index in [4.69, 9.17) is 4.74 Å². The molecule has 4 rings (SSSR count). The van der Waals surface area contributed by atoms with E-state index < -0.39 is 52.1 Å². The van der Waals surface area contributed by atoms with Gasteiger partial charge in [0.2, 0.25) is 11.8 Å². The van der Waals surface area contributed by atoms with Crippen LogP contribution in [0.5, 0.6) is 0 Å². The number of ether oxygens (including phenoxy) is 1. The first-order chi connectivity index (χ1) is 17.6. The normalized spacial score (nSPS) is 24.7. The van der Waals surface area contributed by atoms with Gasteiger partial charge in [0.25, 0.3) is 5.69 Å². The van der Waals surface area contributed by atoms with Gasteiger partial charge in [0, 0.05) is 31.1 Å².